The predicted octanol–water partition coefficient (Wildman–Crippen LogP) is 2.82. The zero-order chi connectivity index (χ0) is 16.8. The summed E-state index contributed by atoms with van der Waals surface area (Å²) in [6, 6.07) is 16.8. The maximum atomic E-state index is 12.8. The van der Waals surface area contributed by atoms with Crippen molar-refractivity contribution in [3.8, 4) is 5.69 Å². The number of para-hydroxylation sites is 1. The number of amides is 2. The summed E-state index contributed by atoms with van der Waals surface area (Å²) in [6.45, 7) is 0.285. The van der Waals surface area contributed by atoms with Gasteiger partial charge < -0.3 is 5.32 Å². The third kappa shape index (κ3) is 4.13. The number of nitrogens with one attached hydrogen (secondary N) is 1. The van der Waals surface area contributed by atoms with Crippen LogP contribution in [0.1, 0.15) is 5.56 Å². The second-order valence-corrected chi connectivity index (χ2v) is 5.06. The standard InChI is InChI=1S/C18H15FN4O/c19-15-8-6-14(7-9-15)12-20-18(24)22-16-10-11-23(21-13-16)17-4-2-1-3-5-17/h1-11,13H,12H2,(H,20,24). The summed E-state index contributed by atoms with van der Waals surface area (Å²) in [5.41, 5.74) is 1.72. The van der Waals surface area contributed by atoms with Crippen LogP contribution in [-0.2, 0) is 6.54 Å². The smallest absolute Gasteiger partial charge is 0.332 e. The van der Waals surface area contributed by atoms with Crippen LogP contribution in [0.5, 0.6) is 0 Å². The summed E-state index contributed by atoms with van der Waals surface area (Å²) < 4.78 is 14.5. The van der Waals surface area contributed by atoms with Crippen LogP contribution in [0.25, 0.3) is 5.69 Å². The molecule has 0 radical (unpaired) electrons. The van der Waals surface area contributed by atoms with Crippen molar-refractivity contribution in [3.63, 3.8) is 0 Å². The molecule has 3 aromatic rings. The Morgan fingerprint density at radius 2 is 1.83 bits per heavy atom. The monoisotopic (exact) mass is 322 g/mol. The molecule has 0 saturated heterocycles. The maximum Gasteiger partial charge on any atom is 0.341 e. The molecule has 1 heterocycles. The maximum absolute atomic E-state index is 12.8. The van der Waals surface area contributed by atoms with Gasteiger partial charge in [-0.1, -0.05) is 30.3 Å². The fourth-order valence-corrected chi connectivity index (χ4v) is 2.09. The van der Waals surface area contributed by atoms with Crippen LogP contribution in [0.3, 0.4) is 0 Å². The summed E-state index contributed by atoms with van der Waals surface area (Å²) in [4.78, 5) is 15.7. The lowest BCUT2D eigenvalue weighted by Crippen LogP contribution is -2.22. The van der Waals surface area contributed by atoms with Crippen molar-refractivity contribution in [1.82, 2.24) is 15.1 Å². The van der Waals surface area contributed by atoms with E-state index in [-0.39, 0.29) is 12.4 Å². The van der Waals surface area contributed by atoms with E-state index in [4.69, 9.17) is 0 Å². The number of nitrogens with zero attached hydrogens (tertiary/aromatic N) is 3. The predicted molar refractivity (Wildman–Crippen MR) is 87.8 cm³/mol. The average Bonchev–Trinajstić information content (AvgIpc) is 2.63. The lowest BCUT2D eigenvalue weighted by molar-refractivity contribution is 0.248. The highest BCUT2D eigenvalue weighted by molar-refractivity contribution is 5.74. The van der Waals surface area contributed by atoms with Crippen LogP contribution in [-0.4, -0.2) is 15.8 Å². The molecule has 0 aliphatic rings. The number of urea groups is 1. The van der Waals surface area contributed by atoms with Gasteiger partial charge in [0.25, 0.3) is 0 Å². The summed E-state index contributed by atoms with van der Waals surface area (Å²) in [7, 11) is 0. The van der Waals surface area contributed by atoms with E-state index in [0.29, 0.717) is 5.36 Å². The normalized spacial score (nSPS) is 11.3. The Morgan fingerprint density at radius 3 is 2.50 bits per heavy atom. The van der Waals surface area contributed by atoms with Crippen LogP contribution in [0, 0.1) is 5.82 Å². The van der Waals surface area contributed by atoms with E-state index in [2.05, 4.69) is 15.4 Å². The molecule has 0 fully saturated rings. The molecular formula is C18H15FN4O. The molecule has 0 spiro atoms. The highest BCUT2D eigenvalue weighted by Crippen LogP contribution is 2.03. The number of carbonyl (C=O) groups excluding carboxylic acids is 1. The molecule has 3 rings (SSSR count). The van der Waals surface area contributed by atoms with E-state index in [1.807, 2.05) is 30.3 Å². The molecule has 0 bridgehead atoms. The van der Waals surface area contributed by atoms with Gasteiger partial charge in [0.15, 0.2) is 0 Å². The fraction of sp³-hybridized carbons (Fsp3) is 0.0556. The van der Waals surface area contributed by atoms with E-state index < -0.39 is 6.03 Å². The Hall–Kier alpha value is -3.28. The van der Waals surface area contributed by atoms with Gasteiger partial charge in [-0.2, -0.15) is 10.1 Å². The second kappa shape index (κ2) is 7.32. The van der Waals surface area contributed by atoms with E-state index in [0.717, 1.165) is 11.3 Å². The summed E-state index contributed by atoms with van der Waals surface area (Å²) >= 11 is 0. The Kier molecular flexibility index (Phi) is 4.76. The van der Waals surface area contributed by atoms with Crippen LogP contribution in [0.4, 0.5) is 9.18 Å². The van der Waals surface area contributed by atoms with Gasteiger partial charge in [-0.05, 0) is 35.9 Å². The van der Waals surface area contributed by atoms with Crippen LogP contribution < -0.4 is 10.7 Å². The van der Waals surface area contributed by atoms with Crippen molar-refractivity contribution in [2.45, 2.75) is 6.54 Å². The Morgan fingerprint density at radius 1 is 1.08 bits per heavy atom. The zero-order valence-corrected chi connectivity index (χ0v) is 12.8. The Labute approximate surface area is 138 Å². The highest BCUT2D eigenvalue weighted by atomic mass is 19.1. The summed E-state index contributed by atoms with van der Waals surface area (Å²) in [5.74, 6) is -0.308. The minimum Gasteiger partial charge on any atom is -0.332 e. The van der Waals surface area contributed by atoms with Crippen molar-refractivity contribution in [2.24, 2.45) is 4.99 Å². The first-order chi connectivity index (χ1) is 11.7. The van der Waals surface area contributed by atoms with Gasteiger partial charge in [-0.15, -0.1) is 0 Å². The molecule has 0 aliphatic carbocycles. The van der Waals surface area contributed by atoms with Gasteiger partial charge in [0, 0.05) is 12.7 Å². The zero-order valence-electron chi connectivity index (χ0n) is 12.8. The minimum atomic E-state index is -0.474. The van der Waals surface area contributed by atoms with Crippen molar-refractivity contribution in [1.29, 1.82) is 0 Å². The van der Waals surface area contributed by atoms with Crippen molar-refractivity contribution < 1.29 is 9.18 Å². The molecule has 120 valence electrons. The first-order valence-electron chi connectivity index (χ1n) is 7.38. The summed E-state index contributed by atoms with van der Waals surface area (Å²) in [6.07, 6.45) is 3.26. The number of aromatic nitrogens is 2. The quantitative estimate of drug-likeness (QED) is 0.806. The minimum absolute atomic E-state index is 0.285. The SMILES string of the molecule is O=C(N=c1ccn(-c2ccccc2)nc1)NCc1ccc(F)cc1. The van der Waals surface area contributed by atoms with Gasteiger partial charge in [0.05, 0.1) is 17.2 Å². The van der Waals surface area contributed by atoms with E-state index >= 15 is 0 Å². The second-order valence-electron chi connectivity index (χ2n) is 5.06. The molecule has 0 atom stereocenters. The first kappa shape index (κ1) is 15.6. The topological polar surface area (TPSA) is 59.3 Å². The molecule has 5 nitrogen and oxygen atoms in total. The third-order valence-corrected chi connectivity index (χ3v) is 3.31. The number of halogens is 1. The van der Waals surface area contributed by atoms with Crippen molar-refractivity contribution in [3.05, 3.63) is 89.8 Å². The Bertz CT molecular complexity index is 868. The Balaban J connectivity index is 1.65. The summed E-state index contributed by atoms with van der Waals surface area (Å²) in [5, 5.41) is 7.34. The molecular weight excluding hydrogens is 307 g/mol. The molecule has 0 aliphatic heterocycles. The van der Waals surface area contributed by atoms with Gasteiger partial charge in [0.1, 0.15) is 5.82 Å². The molecule has 6 heteroatoms. The molecule has 2 amide bonds. The molecule has 1 N–H and O–H groups in total. The average molecular weight is 322 g/mol. The van der Waals surface area contributed by atoms with Crippen LogP contribution in [0.2, 0.25) is 0 Å². The molecule has 0 saturated carbocycles. The largest absolute Gasteiger partial charge is 0.341 e. The van der Waals surface area contributed by atoms with Gasteiger partial charge in [0.2, 0.25) is 0 Å². The molecule has 0 unspecified atom stereocenters. The van der Waals surface area contributed by atoms with E-state index in [1.165, 1.54) is 18.3 Å². The van der Waals surface area contributed by atoms with Crippen molar-refractivity contribution >= 4 is 6.03 Å². The van der Waals surface area contributed by atoms with E-state index in [9.17, 15) is 9.18 Å². The van der Waals surface area contributed by atoms with Crippen molar-refractivity contribution in [2.75, 3.05) is 0 Å². The fourth-order valence-electron chi connectivity index (χ4n) is 2.09. The number of rotatable bonds is 3. The highest BCUT2D eigenvalue weighted by Gasteiger charge is 1.99. The van der Waals surface area contributed by atoms with Crippen LogP contribution >= 0.6 is 0 Å². The lowest BCUT2D eigenvalue weighted by Gasteiger charge is -2.04. The van der Waals surface area contributed by atoms with Gasteiger partial charge in [-0.25, -0.2) is 13.9 Å². The first-order valence-corrected chi connectivity index (χ1v) is 7.38. The molecule has 2 aromatic carbocycles. The number of hydrogen-bond acceptors (Lipinski definition) is 2. The van der Waals surface area contributed by atoms with Gasteiger partial charge >= 0.3 is 6.03 Å². The molecule has 1 aromatic heterocycles. The number of hydrogen-bond donors (Lipinski definition) is 1. The number of benzene rings is 2. The van der Waals surface area contributed by atoms with Crippen LogP contribution in [0.15, 0.2) is 78.0 Å². The molecule has 24 heavy (non-hydrogen) atoms. The third-order valence-electron chi connectivity index (χ3n) is 3.31. The van der Waals surface area contributed by atoms with E-state index in [1.54, 1.807) is 29.1 Å². The lowest BCUT2D eigenvalue weighted by atomic mass is 10.2. The van der Waals surface area contributed by atoms with Gasteiger partial charge in [-0.3, -0.25) is 0 Å². The number of carbonyl (C=O) groups is 1.